The van der Waals surface area contributed by atoms with E-state index in [0.29, 0.717) is 0 Å². The number of halogens is 1. The molecule has 0 amide bonds. The van der Waals surface area contributed by atoms with Crippen molar-refractivity contribution in [1.29, 1.82) is 0 Å². The maximum absolute atomic E-state index is 6.17. The fraction of sp³-hybridized carbons (Fsp3) is 0.438. The predicted molar refractivity (Wildman–Crippen MR) is 81.9 cm³/mol. The molecule has 0 aliphatic heterocycles. The lowest BCUT2D eigenvalue weighted by Crippen LogP contribution is -2.28. The predicted octanol–water partition coefficient (Wildman–Crippen LogP) is 4.45. The highest BCUT2D eigenvalue weighted by Crippen LogP contribution is 2.39. The van der Waals surface area contributed by atoms with Crippen molar-refractivity contribution in [1.82, 2.24) is 4.98 Å². The van der Waals surface area contributed by atoms with E-state index >= 15 is 0 Å². The highest BCUT2D eigenvalue weighted by atomic mass is 35.5. The van der Waals surface area contributed by atoms with E-state index in [4.69, 9.17) is 11.6 Å². The van der Waals surface area contributed by atoms with Crippen LogP contribution in [0.1, 0.15) is 25.7 Å². The molecular formula is C16H19ClN2. The van der Waals surface area contributed by atoms with Crippen molar-refractivity contribution in [2.24, 2.45) is 5.41 Å². The Morgan fingerprint density at radius 1 is 1.11 bits per heavy atom. The minimum Gasteiger partial charge on any atom is -0.369 e. The Morgan fingerprint density at radius 3 is 2.68 bits per heavy atom. The smallest absolute Gasteiger partial charge is 0.126 e. The van der Waals surface area contributed by atoms with Crippen molar-refractivity contribution in [3.63, 3.8) is 0 Å². The highest BCUT2D eigenvalue weighted by Gasteiger charge is 2.32. The average Bonchev–Trinajstić information content (AvgIpc) is 2.94. The molecule has 1 heterocycles. The molecule has 1 aromatic carbocycles. The summed E-state index contributed by atoms with van der Waals surface area (Å²) in [6.45, 7) is 0.932. The first kappa shape index (κ1) is 12.7. The van der Waals surface area contributed by atoms with Crippen LogP contribution in [-0.2, 0) is 0 Å². The van der Waals surface area contributed by atoms with E-state index < -0.39 is 0 Å². The second kappa shape index (κ2) is 5.38. The van der Waals surface area contributed by atoms with Gasteiger partial charge in [0.25, 0.3) is 0 Å². The van der Waals surface area contributed by atoms with Gasteiger partial charge in [0, 0.05) is 23.2 Å². The molecule has 1 aliphatic carbocycles. The average molecular weight is 275 g/mol. The molecule has 1 N–H and O–H groups in total. The zero-order valence-electron chi connectivity index (χ0n) is 11.0. The third-order valence-electron chi connectivity index (χ3n) is 4.19. The van der Waals surface area contributed by atoms with Crippen LogP contribution in [0.2, 0.25) is 0 Å². The maximum atomic E-state index is 6.17. The van der Waals surface area contributed by atoms with Gasteiger partial charge in [-0.25, -0.2) is 4.98 Å². The van der Waals surface area contributed by atoms with Gasteiger partial charge in [0.05, 0.1) is 5.52 Å². The lowest BCUT2D eigenvalue weighted by Gasteiger charge is -2.26. The van der Waals surface area contributed by atoms with Crippen LogP contribution in [0.25, 0.3) is 10.9 Å². The van der Waals surface area contributed by atoms with Crippen LogP contribution >= 0.6 is 11.6 Å². The van der Waals surface area contributed by atoms with Crippen molar-refractivity contribution >= 4 is 28.3 Å². The van der Waals surface area contributed by atoms with Crippen molar-refractivity contribution in [3.8, 4) is 0 Å². The lowest BCUT2D eigenvalue weighted by molar-refractivity contribution is 0.368. The van der Waals surface area contributed by atoms with Gasteiger partial charge in [0.15, 0.2) is 0 Å². The summed E-state index contributed by atoms with van der Waals surface area (Å²) in [5, 5.41) is 4.66. The quantitative estimate of drug-likeness (QED) is 0.834. The Hall–Kier alpha value is -1.28. The second-order valence-electron chi connectivity index (χ2n) is 5.58. The Balaban J connectivity index is 1.74. The van der Waals surface area contributed by atoms with Gasteiger partial charge in [-0.15, -0.1) is 11.6 Å². The fourth-order valence-corrected chi connectivity index (χ4v) is 3.29. The number of fused-ring (bicyclic) bond motifs is 1. The standard InChI is InChI=1S/C16H19ClN2/c17-11-16(9-3-4-10-16)12-18-15-8-7-13-5-1-2-6-14(13)19-15/h1-2,5-8H,3-4,9-12H2,(H,18,19). The number of benzene rings is 1. The molecule has 0 saturated heterocycles. The number of nitrogens with one attached hydrogen (secondary N) is 1. The van der Waals surface area contributed by atoms with Gasteiger partial charge < -0.3 is 5.32 Å². The lowest BCUT2D eigenvalue weighted by atomic mass is 9.88. The van der Waals surface area contributed by atoms with Crippen molar-refractivity contribution < 1.29 is 0 Å². The normalized spacial score (nSPS) is 17.7. The Bertz CT molecular complexity index is 561. The number of anilines is 1. The summed E-state index contributed by atoms with van der Waals surface area (Å²) < 4.78 is 0. The van der Waals surface area contributed by atoms with Gasteiger partial charge in [0.2, 0.25) is 0 Å². The third-order valence-corrected chi connectivity index (χ3v) is 4.76. The molecular weight excluding hydrogens is 256 g/mol. The number of nitrogens with zero attached hydrogens (tertiary/aromatic N) is 1. The fourth-order valence-electron chi connectivity index (χ4n) is 2.93. The van der Waals surface area contributed by atoms with E-state index in [9.17, 15) is 0 Å². The van der Waals surface area contributed by atoms with E-state index in [0.717, 1.165) is 23.8 Å². The third kappa shape index (κ3) is 2.69. The molecule has 19 heavy (non-hydrogen) atoms. The molecule has 1 aliphatic rings. The zero-order valence-corrected chi connectivity index (χ0v) is 11.8. The van der Waals surface area contributed by atoms with E-state index in [1.165, 1.54) is 31.1 Å². The number of hydrogen-bond acceptors (Lipinski definition) is 2. The van der Waals surface area contributed by atoms with Crippen LogP contribution in [0.15, 0.2) is 36.4 Å². The summed E-state index contributed by atoms with van der Waals surface area (Å²) >= 11 is 6.17. The molecule has 0 radical (unpaired) electrons. The molecule has 0 bridgehead atoms. The summed E-state index contributed by atoms with van der Waals surface area (Å²) in [7, 11) is 0. The minimum absolute atomic E-state index is 0.273. The van der Waals surface area contributed by atoms with Crippen molar-refractivity contribution in [3.05, 3.63) is 36.4 Å². The number of aromatic nitrogens is 1. The molecule has 1 aromatic heterocycles. The molecule has 3 heteroatoms. The molecule has 2 aromatic rings. The van der Waals surface area contributed by atoms with E-state index in [-0.39, 0.29) is 5.41 Å². The van der Waals surface area contributed by atoms with Crippen LogP contribution < -0.4 is 5.32 Å². The molecule has 1 saturated carbocycles. The first-order chi connectivity index (χ1) is 9.31. The van der Waals surface area contributed by atoms with Gasteiger partial charge >= 0.3 is 0 Å². The maximum Gasteiger partial charge on any atom is 0.126 e. The largest absolute Gasteiger partial charge is 0.369 e. The number of hydrogen-bond donors (Lipinski definition) is 1. The molecule has 1 fully saturated rings. The number of alkyl halides is 1. The monoisotopic (exact) mass is 274 g/mol. The zero-order chi connectivity index (χ0) is 13.1. The van der Waals surface area contributed by atoms with Crippen LogP contribution in [-0.4, -0.2) is 17.4 Å². The highest BCUT2D eigenvalue weighted by molar-refractivity contribution is 6.18. The summed E-state index contributed by atoms with van der Waals surface area (Å²) in [6.07, 6.45) is 5.08. The first-order valence-electron chi connectivity index (χ1n) is 6.97. The van der Waals surface area contributed by atoms with Crippen LogP contribution in [0.4, 0.5) is 5.82 Å². The van der Waals surface area contributed by atoms with E-state index in [1.807, 2.05) is 18.2 Å². The summed E-state index contributed by atoms with van der Waals surface area (Å²) in [4.78, 5) is 4.65. The Labute approximate surface area is 119 Å². The molecule has 0 atom stereocenters. The van der Waals surface area contributed by atoms with Crippen molar-refractivity contribution in [2.45, 2.75) is 25.7 Å². The van der Waals surface area contributed by atoms with Crippen LogP contribution in [0, 0.1) is 5.41 Å². The van der Waals surface area contributed by atoms with E-state index in [1.54, 1.807) is 0 Å². The number of rotatable bonds is 4. The molecule has 3 rings (SSSR count). The molecule has 0 spiro atoms. The number of pyridine rings is 1. The van der Waals surface area contributed by atoms with Gasteiger partial charge in [-0.2, -0.15) is 0 Å². The van der Waals surface area contributed by atoms with Gasteiger partial charge in [-0.3, -0.25) is 0 Å². The first-order valence-corrected chi connectivity index (χ1v) is 7.50. The van der Waals surface area contributed by atoms with Gasteiger partial charge in [-0.1, -0.05) is 31.0 Å². The second-order valence-corrected chi connectivity index (χ2v) is 5.85. The number of para-hydroxylation sites is 1. The van der Waals surface area contributed by atoms with Crippen molar-refractivity contribution in [2.75, 3.05) is 17.7 Å². The van der Waals surface area contributed by atoms with Crippen LogP contribution in [0.5, 0.6) is 0 Å². The summed E-state index contributed by atoms with van der Waals surface area (Å²) in [5.74, 6) is 1.70. The van der Waals surface area contributed by atoms with E-state index in [2.05, 4.69) is 28.5 Å². The molecule has 100 valence electrons. The van der Waals surface area contributed by atoms with Gasteiger partial charge in [-0.05, 0) is 31.0 Å². The molecule has 2 nitrogen and oxygen atoms in total. The Kier molecular flexibility index (Phi) is 3.61. The minimum atomic E-state index is 0.273. The topological polar surface area (TPSA) is 24.9 Å². The summed E-state index contributed by atoms with van der Waals surface area (Å²) in [5.41, 5.74) is 1.31. The molecule has 0 unspecified atom stereocenters. The van der Waals surface area contributed by atoms with Crippen LogP contribution in [0.3, 0.4) is 0 Å². The SMILES string of the molecule is ClCC1(CNc2ccc3ccccc3n2)CCCC1. The Morgan fingerprint density at radius 2 is 1.89 bits per heavy atom. The summed E-state index contributed by atoms with van der Waals surface area (Å²) in [6, 6.07) is 12.4. The van der Waals surface area contributed by atoms with Gasteiger partial charge in [0.1, 0.15) is 5.82 Å².